The van der Waals surface area contributed by atoms with Crippen LogP contribution < -0.4 is 11.1 Å². The summed E-state index contributed by atoms with van der Waals surface area (Å²) in [7, 11) is 0. The Morgan fingerprint density at radius 3 is 2.63 bits per heavy atom. The number of carboxylic acids is 1. The molecule has 4 N–H and O–H groups in total. The Kier molecular flexibility index (Phi) is 4.60. The lowest BCUT2D eigenvalue weighted by atomic mass is 9.87. The third-order valence-electron chi connectivity index (χ3n) is 2.61. The van der Waals surface area contributed by atoms with E-state index >= 15 is 0 Å². The zero-order chi connectivity index (χ0) is 14.6. The van der Waals surface area contributed by atoms with E-state index in [2.05, 4.69) is 15.6 Å². The highest BCUT2D eigenvalue weighted by Gasteiger charge is 2.26. The summed E-state index contributed by atoms with van der Waals surface area (Å²) in [6.45, 7) is 6.29. The van der Waals surface area contributed by atoms with Crippen LogP contribution in [0.1, 0.15) is 31.3 Å². The molecule has 1 heterocycles. The number of hydrogen-bond acceptors (Lipinski definition) is 5. The molecule has 0 unspecified atom stereocenters. The van der Waals surface area contributed by atoms with Crippen LogP contribution >= 0.6 is 0 Å². The van der Waals surface area contributed by atoms with Gasteiger partial charge in [-0.15, -0.1) is 5.10 Å². The van der Waals surface area contributed by atoms with Gasteiger partial charge in [-0.1, -0.05) is 26.0 Å². The molecule has 0 radical (unpaired) electrons. The molecular formula is C11H19N5O3. The first kappa shape index (κ1) is 15.1. The minimum Gasteiger partial charge on any atom is -0.476 e. The average molecular weight is 269 g/mol. The van der Waals surface area contributed by atoms with E-state index in [1.807, 2.05) is 20.8 Å². The van der Waals surface area contributed by atoms with E-state index in [9.17, 15) is 9.59 Å². The van der Waals surface area contributed by atoms with Crippen molar-refractivity contribution in [3.8, 4) is 0 Å². The van der Waals surface area contributed by atoms with Gasteiger partial charge in [-0.3, -0.25) is 4.79 Å². The number of nitrogens with two attached hydrogens (primary N) is 1. The minimum absolute atomic E-state index is 0.127. The molecular weight excluding hydrogens is 250 g/mol. The molecule has 8 heteroatoms. The Bertz CT molecular complexity index is 463. The van der Waals surface area contributed by atoms with Crippen LogP contribution in [0.4, 0.5) is 0 Å². The molecule has 0 aromatic carbocycles. The minimum atomic E-state index is -1.13. The molecule has 106 valence electrons. The van der Waals surface area contributed by atoms with E-state index < -0.39 is 12.0 Å². The van der Waals surface area contributed by atoms with Gasteiger partial charge in [0, 0.05) is 6.54 Å². The van der Waals surface area contributed by atoms with Gasteiger partial charge in [0.1, 0.15) is 0 Å². The standard InChI is InChI=1S/C11H19N5O3/c1-11(2,3)8(12)9(17)13-4-5-16-6-7(10(18)19)14-15-16/h6,8H,4-5,12H2,1-3H3,(H,13,17)(H,18,19)/t8-/m1/s1. The number of nitrogens with zero attached hydrogens (tertiary/aromatic N) is 3. The van der Waals surface area contributed by atoms with Crippen molar-refractivity contribution in [2.45, 2.75) is 33.4 Å². The molecule has 0 aliphatic rings. The number of hydrogen-bond donors (Lipinski definition) is 3. The van der Waals surface area contributed by atoms with Crippen molar-refractivity contribution >= 4 is 11.9 Å². The molecule has 1 aromatic heterocycles. The molecule has 1 atom stereocenters. The summed E-state index contributed by atoms with van der Waals surface area (Å²) in [5.41, 5.74) is 5.35. The fourth-order valence-electron chi connectivity index (χ4n) is 1.30. The Morgan fingerprint density at radius 2 is 2.16 bits per heavy atom. The van der Waals surface area contributed by atoms with Crippen molar-refractivity contribution in [3.63, 3.8) is 0 Å². The first-order chi connectivity index (χ1) is 8.71. The van der Waals surface area contributed by atoms with Crippen molar-refractivity contribution in [2.24, 2.45) is 11.1 Å². The predicted octanol–water partition coefficient (Wildman–Crippen LogP) is -0.534. The van der Waals surface area contributed by atoms with Crippen LogP contribution in [0.15, 0.2) is 6.20 Å². The van der Waals surface area contributed by atoms with E-state index in [4.69, 9.17) is 10.8 Å². The third-order valence-corrected chi connectivity index (χ3v) is 2.61. The van der Waals surface area contributed by atoms with Crippen molar-refractivity contribution in [2.75, 3.05) is 6.54 Å². The van der Waals surface area contributed by atoms with Crippen LogP contribution in [0.25, 0.3) is 0 Å². The largest absolute Gasteiger partial charge is 0.476 e. The summed E-state index contributed by atoms with van der Waals surface area (Å²) in [5.74, 6) is -1.38. The first-order valence-electron chi connectivity index (χ1n) is 5.88. The lowest BCUT2D eigenvalue weighted by molar-refractivity contribution is -0.124. The number of amides is 1. The normalized spacial score (nSPS) is 13.1. The van der Waals surface area contributed by atoms with Gasteiger partial charge in [-0.05, 0) is 5.41 Å². The number of carbonyl (C=O) groups excluding carboxylic acids is 1. The smallest absolute Gasteiger partial charge is 0.358 e. The SMILES string of the molecule is CC(C)(C)[C@H](N)C(=O)NCCn1cc(C(=O)O)nn1. The zero-order valence-corrected chi connectivity index (χ0v) is 11.3. The molecule has 1 aromatic rings. The second-order valence-electron chi connectivity index (χ2n) is 5.31. The average Bonchev–Trinajstić information content (AvgIpc) is 2.75. The molecule has 0 bridgehead atoms. The molecule has 8 nitrogen and oxygen atoms in total. The second-order valence-corrected chi connectivity index (χ2v) is 5.31. The highest BCUT2D eigenvalue weighted by molar-refractivity contribution is 5.84. The zero-order valence-electron chi connectivity index (χ0n) is 11.3. The Hall–Kier alpha value is -1.96. The van der Waals surface area contributed by atoms with Crippen LogP contribution in [0.3, 0.4) is 0 Å². The number of aromatic carboxylic acids is 1. The summed E-state index contributed by atoms with van der Waals surface area (Å²) in [5, 5.41) is 18.4. The number of carbonyl (C=O) groups is 2. The molecule has 0 fully saturated rings. The number of aromatic nitrogens is 3. The van der Waals surface area contributed by atoms with Gasteiger partial charge in [0.05, 0.1) is 18.8 Å². The maximum atomic E-state index is 11.7. The molecule has 0 saturated heterocycles. The van der Waals surface area contributed by atoms with E-state index in [0.717, 1.165) is 0 Å². The predicted molar refractivity (Wildman–Crippen MR) is 67.4 cm³/mol. The first-order valence-corrected chi connectivity index (χ1v) is 5.88. The van der Waals surface area contributed by atoms with Crippen LogP contribution in [-0.2, 0) is 11.3 Å². The summed E-state index contributed by atoms with van der Waals surface area (Å²) < 4.78 is 1.35. The summed E-state index contributed by atoms with van der Waals surface area (Å²) >= 11 is 0. The second kappa shape index (κ2) is 5.79. The molecule has 1 amide bonds. The van der Waals surface area contributed by atoms with Crippen LogP contribution in [0.5, 0.6) is 0 Å². The molecule has 19 heavy (non-hydrogen) atoms. The number of carboxylic acid groups (broad SMARTS) is 1. The fourth-order valence-corrected chi connectivity index (χ4v) is 1.30. The van der Waals surface area contributed by atoms with E-state index in [1.165, 1.54) is 10.9 Å². The number of nitrogens with one attached hydrogen (secondary N) is 1. The van der Waals surface area contributed by atoms with Crippen molar-refractivity contribution in [3.05, 3.63) is 11.9 Å². The fraction of sp³-hybridized carbons (Fsp3) is 0.636. The van der Waals surface area contributed by atoms with Crippen LogP contribution in [0.2, 0.25) is 0 Å². The molecule has 1 rings (SSSR count). The molecule has 0 aliphatic carbocycles. The van der Waals surface area contributed by atoms with Gasteiger partial charge in [0.25, 0.3) is 0 Å². The maximum absolute atomic E-state index is 11.7. The third kappa shape index (κ3) is 4.32. The van der Waals surface area contributed by atoms with Crippen LogP contribution in [0, 0.1) is 5.41 Å². The van der Waals surface area contributed by atoms with E-state index in [-0.39, 0.29) is 17.0 Å². The molecule has 0 spiro atoms. The van der Waals surface area contributed by atoms with Gasteiger partial charge >= 0.3 is 5.97 Å². The van der Waals surface area contributed by atoms with Crippen molar-refractivity contribution < 1.29 is 14.7 Å². The van der Waals surface area contributed by atoms with Gasteiger partial charge in [-0.25, -0.2) is 9.48 Å². The Labute approximate surface area is 111 Å². The topological polar surface area (TPSA) is 123 Å². The summed E-state index contributed by atoms with van der Waals surface area (Å²) in [6, 6.07) is -0.599. The Morgan fingerprint density at radius 1 is 1.53 bits per heavy atom. The van der Waals surface area contributed by atoms with E-state index in [0.29, 0.717) is 13.1 Å². The van der Waals surface area contributed by atoms with Crippen molar-refractivity contribution in [1.29, 1.82) is 0 Å². The summed E-state index contributed by atoms with van der Waals surface area (Å²) in [4.78, 5) is 22.3. The quantitative estimate of drug-likeness (QED) is 0.660. The van der Waals surface area contributed by atoms with Crippen molar-refractivity contribution in [1.82, 2.24) is 20.3 Å². The molecule has 0 saturated carbocycles. The van der Waals surface area contributed by atoms with Gasteiger partial charge < -0.3 is 16.2 Å². The van der Waals surface area contributed by atoms with Gasteiger partial charge in [0.15, 0.2) is 5.69 Å². The molecule has 0 aliphatic heterocycles. The lowest BCUT2D eigenvalue weighted by Crippen LogP contribution is -2.49. The highest BCUT2D eigenvalue weighted by Crippen LogP contribution is 2.16. The number of rotatable bonds is 5. The van der Waals surface area contributed by atoms with Gasteiger partial charge in [-0.2, -0.15) is 0 Å². The van der Waals surface area contributed by atoms with E-state index in [1.54, 1.807) is 0 Å². The Balaban J connectivity index is 2.42. The lowest BCUT2D eigenvalue weighted by Gasteiger charge is -2.25. The highest BCUT2D eigenvalue weighted by atomic mass is 16.4. The maximum Gasteiger partial charge on any atom is 0.358 e. The van der Waals surface area contributed by atoms with Gasteiger partial charge in [0.2, 0.25) is 5.91 Å². The summed E-state index contributed by atoms with van der Waals surface area (Å²) in [6.07, 6.45) is 1.30. The monoisotopic (exact) mass is 269 g/mol. The van der Waals surface area contributed by atoms with Crippen LogP contribution in [-0.4, -0.2) is 44.6 Å².